The van der Waals surface area contributed by atoms with Crippen molar-refractivity contribution in [3.05, 3.63) is 76.9 Å². The lowest BCUT2D eigenvalue weighted by atomic mass is 9.87. The Morgan fingerprint density at radius 1 is 0.929 bits per heavy atom. The third-order valence-electron chi connectivity index (χ3n) is 4.89. The summed E-state index contributed by atoms with van der Waals surface area (Å²) in [6.45, 7) is 8.86. The van der Waals surface area contributed by atoms with Crippen LogP contribution in [-0.4, -0.2) is 9.97 Å². The molecule has 0 bridgehead atoms. The normalized spacial score (nSPS) is 11.9. The molecule has 2 aromatic heterocycles. The first-order chi connectivity index (χ1) is 13.4. The van der Waals surface area contributed by atoms with Gasteiger partial charge < -0.3 is 0 Å². The Bertz CT molecular complexity index is 1090. The molecular weight excluding hydrogens is 380 g/mol. The molecule has 4 heteroatoms. The van der Waals surface area contributed by atoms with Crippen molar-refractivity contribution in [3.63, 3.8) is 0 Å². The Morgan fingerprint density at radius 2 is 1.64 bits per heavy atom. The van der Waals surface area contributed by atoms with Gasteiger partial charge in [0.2, 0.25) is 0 Å². The van der Waals surface area contributed by atoms with Crippen LogP contribution in [0.4, 0.5) is 0 Å². The number of thiophene rings is 1. The fourth-order valence-corrected chi connectivity index (χ4v) is 5.10. The van der Waals surface area contributed by atoms with Crippen molar-refractivity contribution in [2.24, 2.45) is 0 Å². The molecule has 0 saturated carbocycles. The van der Waals surface area contributed by atoms with Crippen molar-refractivity contribution < 1.29 is 0 Å². The second-order valence-electron chi connectivity index (χ2n) is 8.11. The lowest BCUT2D eigenvalue weighted by Gasteiger charge is -2.19. The van der Waals surface area contributed by atoms with Crippen LogP contribution in [-0.2, 0) is 11.2 Å². The van der Waals surface area contributed by atoms with Crippen LogP contribution in [0.15, 0.2) is 65.3 Å². The van der Waals surface area contributed by atoms with Crippen LogP contribution in [0.2, 0.25) is 0 Å². The summed E-state index contributed by atoms with van der Waals surface area (Å²) >= 11 is 3.48. The minimum absolute atomic E-state index is 0.185. The van der Waals surface area contributed by atoms with E-state index in [9.17, 15) is 0 Å². The molecule has 0 N–H and O–H groups in total. The molecule has 2 heterocycles. The van der Waals surface area contributed by atoms with Gasteiger partial charge in [-0.2, -0.15) is 0 Å². The molecule has 0 aliphatic carbocycles. The molecule has 28 heavy (non-hydrogen) atoms. The van der Waals surface area contributed by atoms with Gasteiger partial charge in [0, 0.05) is 16.7 Å². The predicted molar refractivity (Wildman–Crippen MR) is 122 cm³/mol. The zero-order valence-electron chi connectivity index (χ0n) is 16.7. The van der Waals surface area contributed by atoms with Gasteiger partial charge in [-0.15, -0.1) is 23.1 Å². The topological polar surface area (TPSA) is 25.8 Å². The third-order valence-corrected chi connectivity index (χ3v) is 6.84. The van der Waals surface area contributed by atoms with Crippen molar-refractivity contribution in [2.45, 2.75) is 43.9 Å². The Labute approximate surface area is 175 Å². The summed E-state index contributed by atoms with van der Waals surface area (Å²) in [5.41, 5.74) is 6.59. The summed E-state index contributed by atoms with van der Waals surface area (Å²) in [6.07, 6.45) is 1.68. The van der Waals surface area contributed by atoms with Gasteiger partial charge >= 0.3 is 0 Å². The Morgan fingerprint density at radius 3 is 2.32 bits per heavy atom. The van der Waals surface area contributed by atoms with Crippen molar-refractivity contribution in [1.82, 2.24) is 9.97 Å². The van der Waals surface area contributed by atoms with Gasteiger partial charge in [-0.1, -0.05) is 74.9 Å². The van der Waals surface area contributed by atoms with Gasteiger partial charge in [0.15, 0.2) is 0 Å². The fourth-order valence-electron chi connectivity index (χ4n) is 3.16. The molecule has 0 saturated heterocycles. The van der Waals surface area contributed by atoms with E-state index in [0.717, 1.165) is 15.6 Å². The van der Waals surface area contributed by atoms with Crippen molar-refractivity contribution in [2.75, 3.05) is 0 Å². The third kappa shape index (κ3) is 3.98. The number of aromatic nitrogens is 2. The summed E-state index contributed by atoms with van der Waals surface area (Å²) in [6, 6.07) is 17.6. The van der Waals surface area contributed by atoms with E-state index in [1.54, 1.807) is 29.4 Å². The van der Waals surface area contributed by atoms with Gasteiger partial charge in [-0.05, 0) is 29.0 Å². The van der Waals surface area contributed by atoms with Crippen LogP contribution in [0, 0.1) is 6.92 Å². The van der Waals surface area contributed by atoms with E-state index < -0.39 is 0 Å². The minimum Gasteiger partial charge on any atom is -0.229 e. The minimum atomic E-state index is 0.185. The number of nitrogens with zero attached hydrogens (tertiary/aromatic N) is 2. The lowest BCUT2D eigenvalue weighted by Crippen LogP contribution is -2.10. The smallest absolute Gasteiger partial charge is 0.128 e. The molecule has 4 rings (SSSR count). The molecule has 2 aromatic carbocycles. The molecule has 0 aliphatic heterocycles. The zero-order valence-corrected chi connectivity index (χ0v) is 18.3. The van der Waals surface area contributed by atoms with Gasteiger partial charge in [-0.3, -0.25) is 0 Å². The highest BCUT2D eigenvalue weighted by atomic mass is 32.2. The van der Waals surface area contributed by atoms with E-state index in [0.29, 0.717) is 0 Å². The number of thioether (sulfide) groups is 1. The monoisotopic (exact) mass is 404 g/mol. The number of hydrogen-bond acceptors (Lipinski definition) is 4. The molecule has 0 amide bonds. The van der Waals surface area contributed by atoms with Crippen LogP contribution in [0.5, 0.6) is 0 Å². The van der Waals surface area contributed by atoms with Crippen LogP contribution in [0.25, 0.3) is 21.3 Å². The molecule has 0 atom stereocenters. The van der Waals surface area contributed by atoms with Crippen molar-refractivity contribution >= 4 is 33.3 Å². The molecule has 0 radical (unpaired) electrons. The average Bonchev–Trinajstić information content (AvgIpc) is 3.11. The van der Waals surface area contributed by atoms with E-state index >= 15 is 0 Å². The van der Waals surface area contributed by atoms with Crippen LogP contribution < -0.4 is 0 Å². The molecule has 0 unspecified atom stereocenters. The second-order valence-corrected chi connectivity index (χ2v) is 9.93. The van der Waals surface area contributed by atoms with E-state index in [-0.39, 0.29) is 5.41 Å². The summed E-state index contributed by atoms with van der Waals surface area (Å²) in [5, 5.41) is 4.43. The van der Waals surface area contributed by atoms with Crippen LogP contribution in [0.3, 0.4) is 0 Å². The molecule has 0 aliphatic rings. The maximum atomic E-state index is 4.61. The molecule has 4 aromatic rings. The van der Waals surface area contributed by atoms with Crippen LogP contribution >= 0.6 is 23.1 Å². The first-order valence-corrected chi connectivity index (χ1v) is 11.3. The lowest BCUT2D eigenvalue weighted by molar-refractivity contribution is 0.590. The summed E-state index contributed by atoms with van der Waals surface area (Å²) in [5.74, 6) is 0.903. The predicted octanol–water partition coefficient (Wildman–Crippen LogP) is 7.26. The Balaban J connectivity index is 1.62. The number of hydrogen-bond donors (Lipinski definition) is 0. The maximum Gasteiger partial charge on any atom is 0.128 e. The van der Waals surface area contributed by atoms with Gasteiger partial charge in [-0.25, -0.2) is 9.97 Å². The van der Waals surface area contributed by atoms with E-state index in [1.165, 1.54) is 33.2 Å². The van der Waals surface area contributed by atoms with Crippen molar-refractivity contribution in [3.8, 4) is 11.1 Å². The molecule has 0 fully saturated rings. The van der Waals surface area contributed by atoms with E-state index in [4.69, 9.17) is 0 Å². The maximum absolute atomic E-state index is 4.61. The first-order valence-electron chi connectivity index (χ1n) is 9.43. The standard InChI is InChI=1S/C24H24N2S2/c1-16-5-9-18(10-6-16)20-14-28-23-21(20)22(25-15-26-23)27-13-17-7-11-19(12-8-17)24(2,3)4/h5-12,14-15H,13H2,1-4H3. The Hall–Kier alpha value is -2.17. The molecule has 0 spiro atoms. The average molecular weight is 405 g/mol. The van der Waals surface area contributed by atoms with Gasteiger partial charge in [0.05, 0.1) is 5.39 Å². The summed E-state index contributed by atoms with van der Waals surface area (Å²) in [4.78, 5) is 10.2. The number of fused-ring (bicyclic) bond motifs is 1. The highest BCUT2D eigenvalue weighted by Gasteiger charge is 2.15. The Kier molecular flexibility index (Phi) is 5.26. The highest BCUT2D eigenvalue weighted by Crippen LogP contribution is 2.38. The van der Waals surface area contributed by atoms with Gasteiger partial charge in [0.1, 0.15) is 16.2 Å². The first kappa shape index (κ1) is 19.2. The number of aryl methyl sites for hydroxylation is 1. The molecule has 142 valence electrons. The molecule has 2 nitrogen and oxygen atoms in total. The summed E-state index contributed by atoms with van der Waals surface area (Å²) < 4.78 is 0. The largest absolute Gasteiger partial charge is 0.229 e. The highest BCUT2D eigenvalue weighted by molar-refractivity contribution is 7.98. The number of rotatable bonds is 4. The van der Waals surface area contributed by atoms with Crippen molar-refractivity contribution in [1.29, 1.82) is 0 Å². The quantitative estimate of drug-likeness (QED) is 0.264. The fraction of sp³-hybridized carbons (Fsp3) is 0.250. The SMILES string of the molecule is Cc1ccc(-c2csc3ncnc(SCc4ccc(C(C)(C)C)cc4)c23)cc1. The molecular formula is C24H24N2S2. The van der Waals surface area contributed by atoms with E-state index in [2.05, 4.69) is 91.6 Å². The van der Waals surface area contributed by atoms with Crippen LogP contribution in [0.1, 0.15) is 37.5 Å². The zero-order chi connectivity index (χ0) is 19.7. The second kappa shape index (κ2) is 7.69. The van der Waals surface area contributed by atoms with E-state index in [1.807, 2.05) is 0 Å². The van der Waals surface area contributed by atoms with Gasteiger partial charge in [0.25, 0.3) is 0 Å². The number of benzene rings is 2. The summed E-state index contributed by atoms with van der Waals surface area (Å²) in [7, 11) is 0.